The Kier molecular flexibility index (Phi) is 1.92. The van der Waals surface area contributed by atoms with Crippen LogP contribution in [0.3, 0.4) is 0 Å². The minimum absolute atomic E-state index is 0.0179. The van der Waals surface area contributed by atoms with Crippen molar-refractivity contribution in [3.05, 3.63) is 60.0 Å². The van der Waals surface area contributed by atoms with Gasteiger partial charge in [-0.05, 0) is 34.4 Å². The van der Waals surface area contributed by atoms with Gasteiger partial charge in [-0.25, -0.2) is 0 Å². The molecule has 0 atom stereocenters. The average Bonchev–Trinajstić information content (AvgIpc) is 2.68. The first-order valence-electron chi connectivity index (χ1n) is 6.52. The Morgan fingerprint density at radius 3 is 2.68 bits per heavy atom. The monoisotopic (exact) mass is 246 g/mol. The van der Waals surface area contributed by atoms with E-state index in [1.807, 2.05) is 24.7 Å². The molecule has 0 saturated heterocycles. The molecule has 92 valence electrons. The zero-order valence-corrected chi connectivity index (χ0v) is 11.0. The molecule has 1 aliphatic carbocycles. The summed E-state index contributed by atoms with van der Waals surface area (Å²) in [6.07, 6.45) is 5.89. The van der Waals surface area contributed by atoms with Crippen molar-refractivity contribution in [1.29, 1.82) is 0 Å². The predicted molar refractivity (Wildman–Crippen MR) is 77.1 cm³/mol. The van der Waals surface area contributed by atoms with E-state index in [0.717, 1.165) is 5.52 Å². The van der Waals surface area contributed by atoms with Gasteiger partial charge in [0.25, 0.3) is 0 Å². The van der Waals surface area contributed by atoms with E-state index in [2.05, 4.69) is 48.1 Å². The number of hydrogen-bond donors (Lipinski definition) is 0. The van der Waals surface area contributed by atoms with Crippen molar-refractivity contribution in [1.82, 2.24) is 9.97 Å². The van der Waals surface area contributed by atoms with Gasteiger partial charge in [0.15, 0.2) is 0 Å². The Hall–Kier alpha value is -2.22. The van der Waals surface area contributed by atoms with Gasteiger partial charge in [-0.3, -0.25) is 9.97 Å². The first-order chi connectivity index (χ1) is 9.19. The number of pyridine rings is 2. The summed E-state index contributed by atoms with van der Waals surface area (Å²) in [5.41, 5.74) is 6.26. The van der Waals surface area contributed by atoms with Crippen LogP contribution in [-0.4, -0.2) is 9.97 Å². The summed E-state index contributed by atoms with van der Waals surface area (Å²) in [6.45, 7) is 4.49. The van der Waals surface area contributed by atoms with Crippen LogP contribution in [0.4, 0.5) is 0 Å². The van der Waals surface area contributed by atoms with E-state index in [0.29, 0.717) is 0 Å². The molecule has 0 fully saturated rings. The molecule has 2 aromatic heterocycles. The fraction of sp³-hybridized carbons (Fsp3) is 0.176. The van der Waals surface area contributed by atoms with Crippen LogP contribution in [0, 0.1) is 0 Å². The van der Waals surface area contributed by atoms with E-state index < -0.39 is 0 Å². The smallest absolute Gasteiger partial charge is 0.0708 e. The normalized spacial score (nSPS) is 15.3. The highest BCUT2D eigenvalue weighted by atomic mass is 14.7. The van der Waals surface area contributed by atoms with Gasteiger partial charge in [-0.1, -0.05) is 32.0 Å². The molecule has 0 aliphatic heterocycles. The van der Waals surface area contributed by atoms with Crippen LogP contribution in [0.1, 0.15) is 25.0 Å². The summed E-state index contributed by atoms with van der Waals surface area (Å²) in [6, 6.07) is 10.5. The molecule has 0 N–H and O–H groups in total. The van der Waals surface area contributed by atoms with Crippen LogP contribution in [0.25, 0.3) is 22.0 Å². The lowest BCUT2D eigenvalue weighted by Crippen LogP contribution is -2.15. The summed E-state index contributed by atoms with van der Waals surface area (Å²) in [5, 5.41) is 1.23. The van der Waals surface area contributed by atoms with Crippen molar-refractivity contribution < 1.29 is 0 Å². The van der Waals surface area contributed by atoms with Gasteiger partial charge in [0.1, 0.15) is 0 Å². The maximum Gasteiger partial charge on any atom is 0.0708 e. The molecule has 19 heavy (non-hydrogen) atoms. The van der Waals surface area contributed by atoms with Crippen molar-refractivity contribution in [3.8, 4) is 11.1 Å². The summed E-state index contributed by atoms with van der Waals surface area (Å²) >= 11 is 0. The molecule has 2 nitrogen and oxygen atoms in total. The van der Waals surface area contributed by atoms with E-state index in [4.69, 9.17) is 0 Å². The van der Waals surface area contributed by atoms with Crippen molar-refractivity contribution in [3.63, 3.8) is 0 Å². The first kappa shape index (κ1) is 10.7. The molecule has 1 aromatic carbocycles. The maximum absolute atomic E-state index is 4.61. The Bertz CT molecular complexity index is 803. The zero-order valence-electron chi connectivity index (χ0n) is 11.0. The molecule has 0 radical (unpaired) electrons. The minimum Gasteiger partial charge on any atom is -0.264 e. The van der Waals surface area contributed by atoms with Crippen LogP contribution >= 0.6 is 0 Å². The van der Waals surface area contributed by atoms with Crippen LogP contribution in [0.5, 0.6) is 0 Å². The highest BCUT2D eigenvalue weighted by Gasteiger charge is 2.36. The number of fused-ring (bicyclic) bond motifs is 5. The van der Waals surface area contributed by atoms with E-state index in [1.165, 1.54) is 27.6 Å². The van der Waals surface area contributed by atoms with Gasteiger partial charge in [-0.2, -0.15) is 0 Å². The number of aromatic nitrogens is 2. The number of rotatable bonds is 0. The standard InChI is InChI=1S/C17H14N2/c1-17(2)13-9-18-8-7-11(13)16-12-5-3-4-6-15(12)19-10-14(16)17/h3-10H,1-2H3. The third kappa shape index (κ3) is 1.26. The lowest BCUT2D eigenvalue weighted by molar-refractivity contribution is 0.655. The van der Waals surface area contributed by atoms with E-state index in [9.17, 15) is 0 Å². The molecule has 4 rings (SSSR count). The SMILES string of the molecule is CC1(C)c2cnccc2-c2c1cnc1ccccc21. The lowest BCUT2D eigenvalue weighted by atomic mass is 9.84. The number of para-hydroxylation sites is 1. The van der Waals surface area contributed by atoms with Crippen molar-refractivity contribution in [2.75, 3.05) is 0 Å². The minimum atomic E-state index is -0.0179. The Morgan fingerprint density at radius 2 is 1.79 bits per heavy atom. The van der Waals surface area contributed by atoms with E-state index in [-0.39, 0.29) is 5.41 Å². The van der Waals surface area contributed by atoms with Crippen LogP contribution < -0.4 is 0 Å². The molecular formula is C17H14N2. The van der Waals surface area contributed by atoms with Gasteiger partial charge >= 0.3 is 0 Å². The van der Waals surface area contributed by atoms with Gasteiger partial charge in [0, 0.05) is 29.4 Å². The lowest BCUT2D eigenvalue weighted by Gasteiger charge is -2.20. The van der Waals surface area contributed by atoms with Crippen molar-refractivity contribution >= 4 is 10.9 Å². The largest absolute Gasteiger partial charge is 0.264 e. The van der Waals surface area contributed by atoms with Crippen LogP contribution in [-0.2, 0) is 5.41 Å². The molecule has 3 aromatic rings. The van der Waals surface area contributed by atoms with Gasteiger partial charge < -0.3 is 0 Å². The zero-order chi connectivity index (χ0) is 13.0. The van der Waals surface area contributed by atoms with Crippen LogP contribution in [0.2, 0.25) is 0 Å². The highest BCUT2D eigenvalue weighted by molar-refractivity contribution is 6.00. The summed E-state index contributed by atoms with van der Waals surface area (Å²) in [5.74, 6) is 0. The van der Waals surface area contributed by atoms with Gasteiger partial charge in [-0.15, -0.1) is 0 Å². The molecule has 0 saturated carbocycles. The summed E-state index contributed by atoms with van der Waals surface area (Å²) < 4.78 is 0. The van der Waals surface area contributed by atoms with Gasteiger partial charge in [0.2, 0.25) is 0 Å². The predicted octanol–water partition coefficient (Wildman–Crippen LogP) is 3.94. The molecular weight excluding hydrogens is 232 g/mol. The molecule has 0 amide bonds. The summed E-state index contributed by atoms with van der Waals surface area (Å²) in [4.78, 5) is 8.91. The quantitative estimate of drug-likeness (QED) is 0.600. The summed E-state index contributed by atoms with van der Waals surface area (Å²) in [7, 11) is 0. The molecule has 0 unspecified atom stereocenters. The molecule has 0 spiro atoms. The van der Waals surface area contributed by atoms with Crippen molar-refractivity contribution in [2.24, 2.45) is 0 Å². The maximum atomic E-state index is 4.61. The fourth-order valence-electron chi connectivity index (χ4n) is 3.16. The second-order valence-corrected chi connectivity index (χ2v) is 5.61. The molecule has 1 aliphatic rings. The average molecular weight is 246 g/mol. The second kappa shape index (κ2) is 3.41. The fourth-order valence-corrected chi connectivity index (χ4v) is 3.16. The topological polar surface area (TPSA) is 25.8 Å². The molecule has 2 heterocycles. The Morgan fingerprint density at radius 1 is 0.947 bits per heavy atom. The Balaban J connectivity index is 2.22. The second-order valence-electron chi connectivity index (χ2n) is 5.61. The first-order valence-corrected chi connectivity index (χ1v) is 6.52. The van der Waals surface area contributed by atoms with Gasteiger partial charge in [0.05, 0.1) is 5.52 Å². The third-order valence-corrected chi connectivity index (χ3v) is 4.21. The van der Waals surface area contributed by atoms with Crippen molar-refractivity contribution in [2.45, 2.75) is 19.3 Å². The molecule has 2 heteroatoms. The Labute approximate surface area is 112 Å². The number of hydrogen-bond acceptors (Lipinski definition) is 2. The van der Waals surface area contributed by atoms with E-state index >= 15 is 0 Å². The molecule has 0 bridgehead atoms. The number of benzene rings is 1. The van der Waals surface area contributed by atoms with E-state index in [1.54, 1.807) is 0 Å². The third-order valence-electron chi connectivity index (χ3n) is 4.21. The highest BCUT2D eigenvalue weighted by Crippen LogP contribution is 2.50. The number of nitrogens with zero attached hydrogens (tertiary/aromatic N) is 2. The van der Waals surface area contributed by atoms with Crippen LogP contribution in [0.15, 0.2) is 48.9 Å².